The second kappa shape index (κ2) is 5.02. The minimum atomic E-state index is -0.781. The molecule has 0 unspecified atom stereocenters. The summed E-state index contributed by atoms with van der Waals surface area (Å²) in [5, 5.41) is 0. The number of hydrogen-bond acceptors (Lipinski definition) is 3. The lowest BCUT2D eigenvalue weighted by molar-refractivity contribution is -0.177. The first-order valence-electron chi connectivity index (χ1n) is 7.29. The molecule has 2 aliphatic carbocycles. The summed E-state index contributed by atoms with van der Waals surface area (Å²) in [5.74, 6) is -0.151. The average molecular weight is 252 g/mol. The molecule has 0 bridgehead atoms. The molecule has 1 spiro atoms. The summed E-state index contributed by atoms with van der Waals surface area (Å²) < 4.78 is 5.16. The molecule has 3 nitrogen and oxygen atoms in total. The van der Waals surface area contributed by atoms with E-state index in [-0.39, 0.29) is 17.2 Å². The zero-order chi connectivity index (χ0) is 13.2. The molecular weight excluding hydrogens is 228 g/mol. The van der Waals surface area contributed by atoms with Crippen LogP contribution < -0.4 is 0 Å². The number of Topliss-reactive ketones (excluding diaryl/α,β-unsaturated/α-hetero) is 1. The van der Waals surface area contributed by atoms with E-state index in [0.29, 0.717) is 13.0 Å². The highest BCUT2D eigenvalue weighted by Crippen LogP contribution is 2.63. The molecule has 2 fully saturated rings. The Balaban J connectivity index is 2.11. The molecule has 0 aromatic carbocycles. The first-order chi connectivity index (χ1) is 8.58. The summed E-state index contributed by atoms with van der Waals surface area (Å²) in [6.07, 6.45) is 7.69. The van der Waals surface area contributed by atoms with Gasteiger partial charge in [0.1, 0.15) is 11.2 Å². The van der Waals surface area contributed by atoms with Crippen LogP contribution in [0.25, 0.3) is 0 Å². The number of esters is 1. The Bertz CT molecular complexity index is 312. The molecule has 0 N–H and O–H groups in total. The van der Waals surface area contributed by atoms with Crippen LogP contribution in [0.5, 0.6) is 0 Å². The Hall–Kier alpha value is -0.860. The molecule has 0 aromatic heterocycles. The molecule has 0 aliphatic heterocycles. The highest BCUT2D eigenvalue weighted by Gasteiger charge is 2.63. The van der Waals surface area contributed by atoms with E-state index in [1.807, 2.05) is 6.92 Å². The molecule has 0 aromatic rings. The summed E-state index contributed by atoms with van der Waals surface area (Å²) in [4.78, 5) is 24.5. The van der Waals surface area contributed by atoms with E-state index < -0.39 is 5.41 Å². The van der Waals surface area contributed by atoms with Crippen LogP contribution in [0.1, 0.15) is 65.2 Å². The van der Waals surface area contributed by atoms with Crippen LogP contribution in [0.4, 0.5) is 0 Å². The number of ether oxygens (including phenoxy) is 1. The largest absolute Gasteiger partial charge is 0.465 e. The predicted octanol–water partition coefficient (Wildman–Crippen LogP) is 3.26. The van der Waals surface area contributed by atoms with Crippen molar-refractivity contribution in [1.82, 2.24) is 0 Å². The van der Waals surface area contributed by atoms with Crippen molar-refractivity contribution in [2.45, 2.75) is 65.2 Å². The zero-order valence-corrected chi connectivity index (χ0v) is 11.6. The molecule has 3 heteroatoms. The second-order valence-electron chi connectivity index (χ2n) is 6.04. The summed E-state index contributed by atoms with van der Waals surface area (Å²) >= 11 is 0. The first kappa shape index (κ1) is 13.6. The van der Waals surface area contributed by atoms with E-state index in [1.165, 1.54) is 25.7 Å². The first-order valence-corrected chi connectivity index (χ1v) is 7.29. The fraction of sp³-hybridized carbons (Fsp3) is 0.867. The van der Waals surface area contributed by atoms with E-state index in [1.54, 1.807) is 6.92 Å². The maximum absolute atomic E-state index is 12.3. The monoisotopic (exact) mass is 252 g/mol. The predicted molar refractivity (Wildman–Crippen MR) is 69.1 cm³/mol. The van der Waals surface area contributed by atoms with Crippen molar-refractivity contribution in [3.63, 3.8) is 0 Å². The number of carbonyl (C=O) groups is 2. The van der Waals surface area contributed by atoms with Crippen LogP contribution in [0.15, 0.2) is 0 Å². The standard InChI is InChI=1S/C15H24O3/c1-3-7-12(16)15(13(17)18-4-2)10-14(11-15)8-5-6-9-14/h3-11H2,1-2H3. The van der Waals surface area contributed by atoms with Gasteiger partial charge in [0.05, 0.1) is 6.61 Å². The van der Waals surface area contributed by atoms with Gasteiger partial charge in [-0.15, -0.1) is 0 Å². The fourth-order valence-corrected chi connectivity index (χ4v) is 3.90. The molecule has 18 heavy (non-hydrogen) atoms. The second-order valence-corrected chi connectivity index (χ2v) is 6.04. The minimum absolute atomic E-state index is 0.112. The number of ketones is 1. The topological polar surface area (TPSA) is 43.4 Å². The molecule has 0 heterocycles. The summed E-state index contributed by atoms with van der Waals surface area (Å²) in [6.45, 7) is 4.16. The van der Waals surface area contributed by atoms with Crippen molar-refractivity contribution >= 4 is 11.8 Å². The van der Waals surface area contributed by atoms with Gasteiger partial charge >= 0.3 is 5.97 Å². The fourth-order valence-electron chi connectivity index (χ4n) is 3.90. The Morgan fingerprint density at radius 1 is 1.11 bits per heavy atom. The van der Waals surface area contributed by atoms with E-state index >= 15 is 0 Å². The average Bonchev–Trinajstić information content (AvgIpc) is 2.75. The number of hydrogen-bond donors (Lipinski definition) is 0. The van der Waals surface area contributed by atoms with Crippen molar-refractivity contribution in [3.05, 3.63) is 0 Å². The van der Waals surface area contributed by atoms with Gasteiger partial charge in [0.15, 0.2) is 0 Å². The molecule has 102 valence electrons. The molecule has 0 atom stereocenters. The summed E-state index contributed by atoms with van der Waals surface area (Å²) in [6, 6.07) is 0. The van der Waals surface area contributed by atoms with Crippen LogP contribution in [-0.4, -0.2) is 18.4 Å². The lowest BCUT2D eigenvalue weighted by Gasteiger charge is -2.52. The minimum Gasteiger partial charge on any atom is -0.465 e. The van der Waals surface area contributed by atoms with E-state index in [9.17, 15) is 9.59 Å². The third-order valence-corrected chi connectivity index (χ3v) is 4.69. The van der Waals surface area contributed by atoms with Gasteiger partial charge in [-0.3, -0.25) is 9.59 Å². The van der Waals surface area contributed by atoms with Gasteiger partial charge < -0.3 is 4.74 Å². The maximum Gasteiger partial charge on any atom is 0.319 e. The van der Waals surface area contributed by atoms with Crippen LogP contribution in [0.2, 0.25) is 0 Å². The summed E-state index contributed by atoms with van der Waals surface area (Å²) in [7, 11) is 0. The van der Waals surface area contributed by atoms with Crippen LogP contribution in [0.3, 0.4) is 0 Å². The molecule has 2 rings (SSSR count). The SMILES string of the molecule is CCCC(=O)C1(C(=O)OCC)CC2(CCCC2)C1. The molecule has 0 radical (unpaired) electrons. The molecule has 0 amide bonds. The number of rotatable bonds is 5. The summed E-state index contributed by atoms with van der Waals surface area (Å²) in [5.41, 5.74) is -0.494. The lowest BCUT2D eigenvalue weighted by Crippen LogP contribution is -2.55. The van der Waals surface area contributed by atoms with Crippen LogP contribution in [-0.2, 0) is 14.3 Å². The Labute approximate surface area is 109 Å². The Morgan fingerprint density at radius 3 is 2.22 bits per heavy atom. The smallest absolute Gasteiger partial charge is 0.319 e. The Morgan fingerprint density at radius 2 is 1.72 bits per heavy atom. The third kappa shape index (κ3) is 2.08. The van der Waals surface area contributed by atoms with Gasteiger partial charge in [0.2, 0.25) is 0 Å². The highest BCUT2D eigenvalue weighted by molar-refractivity contribution is 6.05. The van der Waals surface area contributed by atoms with Crippen LogP contribution >= 0.6 is 0 Å². The van der Waals surface area contributed by atoms with Crippen LogP contribution in [0, 0.1) is 10.8 Å². The highest BCUT2D eigenvalue weighted by atomic mass is 16.5. The Kier molecular flexibility index (Phi) is 3.79. The van der Waals surface area contributed by atoms with Crippen molar-refractivity contribution in [2.24, 2.45) is 10.8 Å². The lowest BCUT2D eigenvalue weighted by atomic mass is 9.50. The van der Waals surface area contributed by atoms with Gasteiger partial charge in [-0.1, -0.05) is 19.8 Å². The van der Waals surface area contributed by atoms with Crippen molar-refractivity contribution in [3.8, 4) is 0 Å². The maximum atomic E-state index is 12.3. The zero-order valence-electron chi connectivity index (χ0n) is 11.6. The molecular formula is C15H24O3. The third-order valence-electron chi connectivity index (χ3n) is 4.69. The van der Waals surface area contributed by atoms with Crippen molar-refractivity contribution < 1.29 is 14.3 Å². The van der Waals surface area contributed by atoms with Gasteiger partial charge in [-0.05, 0) is 44.4 Å². The van der Waals surface area contributed by atoms with E-state index in [4.69, 9.17) is 4.74 Å². The molecule has 0 saturated heterocycles. The quantitative estimate of drug-likeness (QED) is 0.557. The van der Waals surface area contributed by atoms with E-state index in [0.717, 1.165) is 19.3 Å². The van der Waals surface area contributed by atoms with Gasteiger partial charge in [-0.25, -0.2) is 0 Å². The number of carbonyl (C=O) groups excluding carboxylic acids is 2. The van der Waals surface area contributed by atoms with Gasteiger partial charge in [0, 0.05) is 6.42 Å². The van der Waals surface area contributed by atoms with E-state index in [2.05, 4.69) is 0 Å². The molecule has 2 aliphatic rings. The van der Waals surface area contributed by atoms with Crippen molar-refractivity contribution in [1.29, 1.82) is 0 Å². The molecule has 2 saturated carbocycles. The van der Waals surface area contributed by atoms with Gasteiger partial charge in [-0.2, -0.15) is 0 Å². The normalized spacial score (nSPS) is 23.7. The van der Waals surface area contributed by atoms with Crippen molar-refractivity contribution in [2.75, 3.05) is 6.61 Å². The van der Waals surface area contributed by atoms with Gasteiger partial charge in [0.25, 0.3) is 0 Å².